The lowest BCUT2D eigenvalue weighted by atomic mass is 9.99. The van der Waals surface area contributed by atoms with E-state index in [2.05, 4.69) is 78.9 Å². The fourth-order valence-corrected chi connectivity index (χ4v) is 4.41. The van der Waals surface area contributed by atoms with Crippen molar-refractivity contribution < 1.29 is 4.79 Å². The molecule has 1 saturated heterocycles. The maximum atomic E-state index is 13.4. The Morgan fingerprint density at radius 3 is 2.58 bits per heavy atom. The fourth-order valence-electron chi connectivity index (χ4n) is 4.41. The number of hydrogen-bond donors (Lipinski definition) is 1. The van der Waals surface area contributed by atoms with Crippen LogP contribution in [0.2, 0.25) is 0 Å². The standard InChI is InChI=1S/C28H30N4O/c1-31(2)20-23-9-3-4-11-26(23)22-13-15-25(16-14-22)32-17-6-5-12-27(28(32)33)30-24-10-7-8-21(18-24)19-29/h3-4,7-11,13-16,18,27,30H,5-6,12,17,20H2,1-2H3. The summed E-state index contributed by atoms with van der Waals surface area (Å²) in [6.07, 6.45) is 2.73. The van der Waals surface area contributed by atoms with Crippen LogP contribution in [0.4, 0.5) is 11.4 Å². The highest BCUT2D eigenvalue weighted by molar-refractivity contribution is 5.99. The smallest absolute Gasteiger partial charge is 0.249 e. The molecular formula is C28H30N4O. The zero-order valence-electron chi connectivity index (χ0n) is 19.3. The molecule has 0 aliphatic carbocycles. The van der Waals surface area contributed by atoms with Crippen LogP contribution in [0, 0.1) is 11.3 Å². The molecule has 0 spiro atoms. The Labute approximate surface area is 196 Å². The molecule has 1 aliphatic rings. The first-order valence-corrected chi connectivity index (χ1v) is 11.5. The molecule has 1 amide bonds. The van der Waals surface area contributed by atoms with Crippen molar-refractivity contribution in [2.24, 2.45) is 0 Å². The average molecular weight is 439 g/mol. The normalized spacial score (nSPS) is 16.4. The summed E-state index contributed by atoms with van der Waals surface area (Å²) in [6, 6.07) is 26.0. The van der Waals surface area contributed by atoms with Gasteiger partial charge >= 0.3 is 0 Å². The first kappa shape index (κ1) is 22.6. The van der Waals surface area contributed by atoms with E-state index in [9.17, 15) is 4.79 Å². The monoisotopic (exact) mass is 438 g/mol. The Balaban J connectivity index is 1.55. The van der Waals surface area contributed by atoms with Crippen LogP contribution in [0.15, 0.2) is 72.8 Å². The third-order valence-electron chi connectivity index (χ3n) is 6.02. The Kier molecular flexibility index (Phi) is 7.07. The van der Waals surface area contributed by atoms with E-state index < -0.39 is 0 Å². The van der Waals surface area contributed by atoms with Crippen molar-refractivity contribution in [2.75, 3.05) is 30.9 Å². The molecule has 1 N–H and O–H groups in total. The zero-order valence-corrected chi connectivity index (χ0v) is 19.3. The molecule has 33 heavy (non-hydrogen) atoms. The Hall–Kier alpha value is -3.62. The van der Waals surface area contributed by atoms with Crippen LogP contribution in [0.1, 0.15) is 30.4 Å². The fraction of sp³-hybridized carbons (Fsp3) is 0.286. The minimum atomic E-state index is -0.304. The predicted octanol–water partition coefficient (Wildman–Crippen LogP) is 5.28. The van der Waals surface area contributed by atoms with Gasteiger partial charge in [0.15, 0.2) is 0 Å². The second kappa shape index (κ2) is 10.3. The van der Waals surface area contributed by atoms with Gasteiger partial charge < -0.3 is 15.1 Å². The molecule has 5 nitrogen and oxygen atoms in total. The maximum Gasteiger partial charge on any atom is 0.249 e. The van der Waals surface area contributed by atoms with Gasteiger partial charge in [0.25, 0.3) is 0 Å². The van der Waals surface area contributed by atoms with E-state index in [4.69, 9.17) is 5.26 Å². The topological polar surface area (TPSA) is 59.4 Å². The van der Waals surface area contributed by atoms with Gasteiger partial charge in [-0.3, -0.25) is 4.79 Å². The minimum Gasteiger partial charge on any atom is -0.374 e. The van der Waals surface area contributed by atoms with Crippen molar-refractivity contribution in [2.45, 2.75) is 31.8 Å². The molecular weight excluding hydrogens is 408 g/mol. The maximum absolute atomic E-state index is 13.4. The third kappa shape index (κ3) is 5.42. The summed E-state index contributed by atoms with van der Waals surface area (Å²) in [6.45, 7) is 1.59. The van der Waals surface area contributed by atoms with Gasteiger partial charge in [-0.2, -0.15) is 5.26 Å². The van der Waals surface area contributed by atoms with E-state index >= 15 is 0 Å². The van der Waals surface area contributed by atoms with Crippen molar-refractivity contribution in [3.63, 3.8) is 0 Å². The van der Waals surface area contributed by atoms with Crippen LogP contribution >= 0.6 is 0 Å². The summed E-state index contributed by atoms with van der Waals surface area (Å²) in [5.41, 5.74) is 5.97. The molecule has 0 bridgehead atoms. The summed E-state index contributed by atoms with van der Waals surface area (Å²) in [5, 5.41) is 12.5. The quantitative estimate of drug-likeness (QED) is 0.568. The van der Waals surface area contributed by atoms with Crippen LogP contribution in [-0.4, -0.2) is 37.5 Å². The van der Waals surface area contributed by atoms with Gasteiger partial charge in [0, 0.05) is 24.5 Å². The number of anilines is 2. The van der Waals surface area contributed by atoms with E-state index in [1.807, 2.05) is 17.0 Å². The summed E-state index contributed by atoms with van der Waals surface area (Å²) >= 11 is 0. The first-order valence-electron chi connectivity index (χ1n) is 11.5. The van der Waals surface area contributed by atoms with E-state index in [-0.39, 0.29) is 11.9 Å². The highest BCUT2D eigenvalue weighted by atomic mass is 16.2. The highest BCUT2D eigenvalue weighted by Gasteiger charge is 2.28. The number of hydrogen-bond acceptors (Lipinski definition) is 4. The Bertz CT molecular complexity index is 1150. The molecule has 1 unspecified atom stereocenters. The van der Waals surface area contributed by atoms with Crippen LogP contribution in [0.5, 0.6) is 0 Å². The molecule has 1 aliphatic heterocycles. The molecule has 3 aromatic rings. The zero-order chi connectivity index (χ0) is 23.2. The predicted molar refractivity (Wildman–Crippen MR) is 134 cm³/mol. The molecule has 0 aromatic heterocycles. The number of carbonyl (C=O) groups excluding carboxylic acids is 1. The lowest BCUT2D eigenvalue weighted by Crippen LogP contribution is -2.41. The van der Waals surface area contributed by atoms with Gasteiger partial charge in [-0.15, -0.1) is 0 Å². The van der Waals surface area contributed by atoms with Crippen molar-refractivity contribution in [1.29, 1.82) is 5.26 Å². The molecule has 168 valence electrons. The average Bonchev–Trinajstić information content (AvgIpc) is 3.01. The van der Waals surface area contributed by atoms with Crippen LogP contribution in [0.25, 0.3) is 11.1 Å². The molecule has 4 rings (SSSR count). The SMILES string of the molecule is CN(C)Cc1ccccc1-c1ccc(N2CCCCC(Nc3cccc(C#N)c3)C2=O)cc1. The van der Waals surface area contributed by atoms with Gasteiger partial charge in [0.05, 0.1) is 11.6 Å². The summed E-state index contributed by atoms with van der Waals surface area (Å²) in [5.74, 6) is 0.0793. The summed E-state index contributed by atoms with van der Waals surface area (Å²) in [7, 11) is 4.15. The van der Waals surface area contributed by atoms with Crippen molar-refractivity contribution in [3.8, 4) is 17.2 Å². The largest absolute Gasteiger partial charge is 0.374 e. The van der Waals surface area contributed by atoms with Gasteiger partial charge in [0.2, 0.25) is 5.91 Å². The van der Waals surface area contributed by atoms with Gasteiger partial charge in [-0.1, -0.05) is 42.5 Å². The Morgan fingerprint density at radius 2 is 1.82 bits per heavy atom. The third-order valence-corrected chi connectivity index (χ3v) is 6.02. The molecule has 1 atom stereocenters. The summed E-state index contributed by atoms with van der Waals surface area (Å²) < 4.78 is 0. The van der Waals surface area contributed by atoms with E-state index in [1.165, 1.54) is 11.1 Å². The van der Waals surface area contributed by atoms with Crippen molar-refractivity contribution in [1.82, 2.24) is 4.90 Å². The molecule has 1 heterocycles. The lowest BCUT2D eigenvalue weighted by Gasteiger charge is -2.26. The van der Waals surface area contributed by atoms with Gasteiger partial charge in [-0.25, -0.2) is 0 Å². The van der Waals surface area contributed by atoms with Crippen molar-refractivity contribution in [3.05, 3.63) is 83.9 Å². The molecule has 1 fully saturated rings. The number of nitrogens with zero attached hydrogens (tertiary/aromatic N) is 3. The van der Waals surface area contributed by atoms with Crippen molar-refractivity contribution >= 4 is 17.3 Å². The lowest BCUT2D eigenvalue weighted by molar-refractivity contribution is -0.119. The number of nitriles is 1. The van der Waals surface area contributed by atoms with Gasteiger partial charge in [-0.05, 0) is 80.4 Å². The molecule has 5 heteroatoms. The summed E-state index contributed by atoms with van der Waals surface area (Å²) in [4.78, 5) is 17.5. The Morgan fingerprint density at radius 1 is 1.03 bits per heavy atom. The number of benzene rings is 3. The van der Waals surface area contributed by atoms with Crippen LogP contribution in [0.3, 0.4) is 0 Å². The number of nitrogens with one attached hydrogen (secondary N) is 1. The minimum absolute atomic E-state index is 0.0793. The first-order chi connectivity index (χ1) is 16.0. The van der Waals surface area contributed by atoms with Crippen LogP contribution < -0.4 is 10.2 Å². The van der Waals surface area contributed by atoms with Gasteiger partial charge in [0.1, 0.15) is 6.04 Å². The number of amides is 1. The highest BCUT2D eigenvalue weighted by Crippen LogP contribution is 2.29. The van der Waals surface area contributed by atoms with E-state index in [0.29, 0.717) is 12.1 Å². The second-order valence-corrected chi connectivity index (χ2v) is 8.82. The number of rotatable bonds is 6. The molecule has 0 saturated carbocycles. The molecule has 0 radical (unpaired) electrons. The van der Waals surface area contributed by atoms with E-state index in [0.717, 1.165) is 42.7 Å². The number of carbonyl (C=O) groups is 1. The van der Waals surface area contributed by atoms with Crippen LogP contribution in [-0.2, 0) is 11.3 Å². The van der Waals surface area contributed by atoms with E-state index in [1.54, 1.807) is 12.1 Å². The second-order valence-electron chi connectivity index (χ2n) is 8.82. The molecule has 3 aromatic carbocycles.